The van der Waals surface area contributed by atoms with Crippen LogP contribution in [-0.2, 0) is 0 Å². The van der Waals surface area contributed by atoms with Gasteiger partial charge in [-0.1, -0.05) is 139 Å². The van der Waals surface area contributed by atoms with E-state index in [-0.39, 0.29) is 74.2 Å². The average molecular weight is 619 g/mol. The van der Waals surface area contributed by atoms with Gasteiger partial charge in [-0.25, -0.2) is 15.0 Å². The molecule has 0 aliphatic carbocycles. The third-order valence-electron chi connectivity index (χ3n) is 7.63. The molecule has 0 saturated carbocycles. The van der Waals surface area contributed by atoms with Gasteiger partial charge in [0.1, 0.15) is 11.2 Å². The summed E-state index contributed by atoms with van der Waals surface area (Å²) in [4.78, 5) is 13.9. The molecule has 2 heterocycles. The summed E-state index contributed by atoms with van der Waals surface area (Å²) in [5.74, 6) is -0.180. The molecule has 0 saturated heterocycles. The minimum atomic E-state index is -0.612. The molecule has 0 spiro atoms. The van der Waals surface area contributed by atoms with Crippen molar-refractivity contribution in [3.8, 4) is 56.4 Å². The van der Waals surface area contributed by atoms with Gasteiger partial charge in [0.15, 0.2) is 17.5 Å². The Labute approximate surface area is 295 Å². The quantitative estimate of drug-likeness (QED) is 0.193. The fourth-order valence-electron chi connectivity index (χ4n) is 5.40. The molecule has 4 nitrogen and oxygen atoms in total. The number of benzene rings is 7. The van der Waals surface area contributed by atoms with E-state index in [1.165, 1.54) is 0 Å². The summed E-state index contributed by atoms with van der Waals surface area (Å²) < 4.78 is 149. The number of hydrogen-bond donors (Lipinski definition) is 0. The maximum atomic E-state index is 8.91. The predicted octanol–water partition coefficient (Wildman–Crippen LogP) is 11.3. The highest BCUT2D eigenvalue weighted by Gasteiger charge is 2.15. The van der Waals surface area contributed by atoms with Gasteiger partial charge >= 0.3 is 0 Å². The van der Waals surface area contributed by atoms with Gasteiger partial charge in [0.2, 0.25) is 0 Å². The van der Waals surface area contributed by atoms with Crippen LogP contribution in [0, 0.1) is 0 Å². The number of nitrogens with zero attached hydrogens (tertiary/aromatic N) is 3. The van der Waals surface area contributed by atoms with Gasteiger partial charge in [0, 0.05) is 27.5 Å². The van der Waals surface area contributed by atoms with E-state index in [1.807, 2.05) is 0 Å². The monoisotopic (exact) mass is 618 g/mol. The fourth-order valence-corrected chi connectivity index (χ4v) is 5.40. The van der Waals surface area contributed by atoms with Crippen molar-refractivity contribution in [3.05, 3.63) is 163 Å². The van der Waals surface area contributed by atoms with Crippen LogP contribution in [0.15, 0.2) is 168 Å². The van der Waals surface area contributed by atoms with Crippen LogP contribution in [0.1, 0.15) is 23.3 Å². The first-order chi connectivity index (χ1) is 30.3. The van der Waals surface area contributed by atoms with Crippen molar-refractivity contribution in [2.75, 3.05) is 0 Å². The molecule has 9 aromatic rings. The van der Waals surface area contributed by atoms with Crippen LogP contribution in [0.5, 0.6) is 0 Å². The first kappa shape index (κ1) is 14.8. The van der Waals surface area contributed by atoms with Crippen LogP contribution in [0.25, 0.3) is 89.1 Å². The molecule has 2 aromatic heterocycles. The maximum Gasteiger partial charge on any atom is 0.164 e. The van der Waals surface area contributed by atoms with Gasteiger partial charge in [-0.2, -0.15) is 0 Å². The third kappa shape index (κ3) is 4.93. The Bertz CT molecular complexity index is 3480. The second kappa shape index (κ2) is 11.2. The first-order valence-electron chi connectivity index (χ1n) is 22.8. The average Bonchev–Trinajstić information content (AvgIpc) is 3.70. The Morgan fingerprint density at radius 2 is 0.936 bits per heavy atom. The van der Waals surface area contributed by atoms with Crippen LogP contribution >= 0.6 is 0 Å². The van der Waals surface area contributed by atoms with Crippen molar-refractivity contribution in [2.45, 2.75) is 0 Å². The summed E-state index contributed by atoms with van der Waals surface area (Å²) in [7, 11) is 0. The topological polar surface area (TPSA) is 51.8 Å². The van der Waals surface area contributed by atoms with E-state index in [2.05, 4.69) is 9.97 Å². The molecule has 47 heavy (non-hydrogen) atoms. The Morgan fingerprint density at radius 1 is 0.404 bits per heavy atom. The van der Waals surface area contributed by atoms with Gasteiger partial charge < -0.3 is 4.42 Å². The molecule has 0 aliphatic rings. The number of aromatic nitrogens is 3. The highest BCUT2D eigenvalue weighted by molar-refractivity contribution is 6.12. The SMILES string of the molecule is [2H]c1c([2H])c([2H])c(-c2ccc3cc(-c4nc(-c5ccc(-c6c([2H])c([2H])c([2H])c7oc8c([2H])c([2H])c([2H])c([2H])c8c67)cc5)nc(-c5c([2H])c([2H])c([2H])c([2H])c5[2H])n4)ccc3c2)c([2H])c1[2H]. The lowest BCUT2D eigenvalue weighted by Crippen LogP contribution is -2.00. The van der Waals surface area contributed by atoms with Gasteiger partial charge in [-0.15, -0.1) is 0 Å². The van der Waals surface area contributed by atoms with E-state index in [1.54, 1.807) is 60.7 Å². The maximum absolute atomic E-state index is 8.91. The minimum absolute atomic E-state index is 0.0109. The van der Waals surface area contributed by atoms with Crippen LogP contribution in [0.4, 0.5) is 0 Å². The zero-order valence-corrected chi connectivity index (χ0v) is 24.0. The summed E-state index contributed by atoms with van der Waals surface area (Å²) in [6, 6.07) is 7.99. The van der Waals surface area contributed by atoms with E-state index in [4.69, 9.17) is 32.7 Å². The van der Waals surface area contributed by atoms with E-state index >= 15 is 0 Å². The number of rotatable bonds is 5. The van der Waals surface area contributed by atoms with Crippen molar-refractivity contribution < 1.29 is 27.7 Å². The molecule has 220 valence electrons. The lowest BCUT2D eigenvalue weighted by atomic mass is 9.98. The zero-order valence-electron chi connectivity index (χ0n) is 41.0. The second-order valence-corrected chi connectivity index (χ2v) is 10.4. The molecular formula is C43H27N3O. The molecule has 0 unspecified atom stereocenters. The zero-order chi connectivity index (χ0) is 46.0. The lowest BCUT2D eigenvalue weighted by molar-refractivity contribution is 0.669. The van der Waals surface area contributed by atoms with Crippen molar-refractivity contribution in [3.63, 3.8) is 0 Å². The smallest absolute Gasteiger partial charge is 0.164 e. The normalized spacial score (nSPS) is 16.5. The molecule has 0 fully saturated rings. The summed E-state index contributed by atoms with van der Waals surface area (Å²) in [6.07, 6.45) is 0. The summed E-state index contributed by atoms with van der Waals surface area (Å²) >= 11 is 0. The summed E-state index contributed by atoms with van der Waals surface area (Å²) in [5, 5.41) is 1.30. The molecule has 0 bridgehead atoms. The lowest BCUT2D eigenvalue weighted by Gasteiger charge is -2.10. The minimum Gasteiger partial charge on any atom is -0.456 e. The summed E-state index contributed by atoms with van der Waals surface area (Å²) in [6.45, 7) is 0. The molecule has 0 N–H and O–H groups in total. The van der Waals surface area contributed by atoms with E-state index in [0.717, 1.165) is 0 Å². The van der Waals surface area contributed by atoms with E-state index < -0.39 is 84.6 Å². The fraction of sp³-hybridized carbons (Fsp3) is 0. The Morgan fingerprint density at radius 3 is 1.68 bits per heavy atom. The number of hydrogen-bond acceptors (Lipinski definition) is 4. The number of para-hydroxylation sites is 1. The molecule has 4 heteroatoms. The van der Waals surface area contributed by atoms with Crippen molar-refractivity contribution >= 4 is 32.7 Å². The molecule has 9 rings (SSSR count). The number of furan rings is 1. The predicted molar refractivity (Wildman–Crippen MR) is 192 cm³/mol. The highest BCUT2D eigenvalue weighted by Crippen LogP contribution is 2.37. The number of fused-ring (bicyclic) bond motifs is 4. The standard InChI is InChI=1S/C43H27N3O/c1-3-10-28(11-4-1)32-22-23-34-27-35(25-24-33(34)26-32)43-45-41(30-12-5-2-6-13-30)44-42(46-43)31-20-18-29(19-21-31)36-15-9-17-39-40(36)37-14-7-8-16-38(37)47-39/h1-27H/i1D,2D,3D,4D,5D,6D,7D,8D,9D,10D,11D,12D,13D,14D,15D,16D,17D. The molecule has 7 aromatic carbocycles. The Kier molecular flexibility index (Phi) is 3.53. The van der Waals surface area contributed by atoms with Crippen LogP contribution in [-0.4, -0.2) is 15.0 Å². The van der Waals surface area contributed by atoms with Gasteiger partial charge in [0.05, 0.1) is 23.3 Å². The van der Waals surface area contributed by atoms with Crippen molar-refractivity contribution in [2.24, 2.45) is 0 Å². The van der Waals surface area contributed by atoms with Crippen molar-refractivity contribution in [1.29, 1.82) is 0 Å². The van der Waals surface area contributed by atoms with Gasteiger partial charge in [0.25, 0.3) is 0 Å². The highest BCUT2D eigenvalue weighted by atomic mass is 16.3. The Hall–Kier alpha value is -6.39. The first-order valence-corrected chi connectivity index (χ1v) is 14.3. The van der Waals surface area contributed by atoms with E-state index in [9.17, 15) is 0 Å². The largest absolute Gasteiger partial charge is 0.456 e. The van der Waals surface area contributed by atoms with Crippen LogP contribution in [0.2, 0.25) is 0 Å². The third-order valence-corrected chi connectivity index (χ3v) is 7.63. The van der Waals surface area contributed by atoms with Gasteiger partial charge in [-0.3, -0.25) is 0 Å². The molecule has 0 atom stereocenters. The van der Waals surface area contributed by atoms with Crippen molar-refractivity contribution in [1.82, 2.24) is 15.0 Å². The Balaban J connectivity index is 1.21. The molecule has 0 aliphatic heterocycles. The molecular weight excluding hydrogens is 574 g/mol. The van der Waals surface area contributed by atoms with Crippen LogP contribution in [0.3, 0.4) is 0 Å². The second-order valence-electron chi connectivity index (χ2n) is 10.4. The summed E-state index contributed by atoms with van der Waals surface area (Å²) in [5.41, 5.74) is 0.900. The van der Waals surface area contributed by atoms with E-state index in [0.29, 0.717) is 33.0 Å². The van der Waals surface area contributed by atoms with Crippen LogP contribution < -0.4 is 0 Å². The van der Waals surface area contributed by atoms with Gasteiger partial charge in [-0.05, 0) is 57.2 Å². The molecule has 0 radical (unpaired) electrons. The molecule has 0 amide bonds.